The maximum atomic E-state index is 10.4. The molecule has 2 rings (SSSR count). The summed E-state index contributed by atoms with van der Waals surface area (Å²) in [6, 6.07) is 6.21. The zero-order chi connectivity index (χ0) is 22.5. The van der Waals surface area contributed by atoms with Crippen molar-refractivity contribution in [2.45, 2.75) is 135 Å². The second kappa shape index (κ2) is 14.0. The molecule has 3 heteroatoms. The van der Waals surface area contributed by atoms with Gasteiger partial charge in [0.1, 0.15) is 18.1 Å². The van der Waals surface area contributed by atoms with E-state index < -0.39 is 6.10 Å². The molecule has 0 amide bonds. The number of rotatable bonds is 14. The summed E-state index contributed by atoms with van der Waals surface area (Å²) in [5.74, 6) is 1.82. The highest BCUT2D eigenvalue weighted by Crippen LogP contribution is 2.35. The van der Waals surface area contributed by atoms with E-state index in [0.717, 1.165) is 42.7 Å². The molecule has 1 aromatic carbocycles. The normalized spacial score (nSPS) is 16.3. The van der Waals surface area contributed by atoms with Gasteiger partial charge in [-0.2, -0.15) is 0 Å². The van der Waals surface area contributed by atoms with Crippen LogP contribution in [0.15, 0.2) is 18.2 Å². The first-order valence-electron chi connectivity index (χ1n) is 13.0. The third-order valence-electron chi connectivity index (χ3n) is 6.44. The van der Waals surface area contributed by atoms with Crippen LogP contribution in [0.5, 0.6) is 11.5 Å². The second-order valence-corrected chi connectivity index (χ2v) is 10.5. The molecule has 1 aromatic rings. The molecule has 1 unspecified atom stereocenters. The molecule has 1 N–H and O–H groups in total. The van der Waals surface area contributed by atoms with Gasteiger partial charge in [-0.05, 0) is 55.7 Å². The predicted molar refractivity (Wildman–Crippen MR) is 131 cm³/mol. The van der Waals surface area contributed by atoms with E-state index in [9.17, 15) is 5.11 Å². The monoisotopic (exact) mass is 432 g/mol. The molecule has 0 radical (unpaired) electrons. The molecule has 3 nitrogen and oxygen atoms in total. The van der Waals surface area contributed by atoms with Crippen LogP contribution in [0.1, 0.15) is 123 Å². The molecule has 0 aromatic heterocycles. The van der Waals surface area contributed by atoms with E-state index in [0.29, 0.717) is 12.7 Å². The molecule has 0 bridgehead atoms. The number of benzene rings is 1. The topological polar surface area (TPSA) is 38.7 Å². The van der Waals surface area contributed by atoms with Crippen LogP contribution in [0.25, 0.3) is 0 Å². The lowest BCUT2D eigenvalue weighted by Gasteiger charge is -2.27. The van der Waals surface area contributed by atoms with Crippen molar-refractivity contribution < 1.29 is 14.6 Å². The van der Waals surface area contributed by atoms with Crippen molar-refractivity contribution in [3.63, 3.8) is 0 Å². The molecule has 1 atom stereocenters. The van der Waals surface area contributed by atoms with Gasteiger partial charge in [-0.25, -0.2) is 0 Å². The number of unbranched alkanes of at least 4 members (excludes halogenated alkanes) is 7. The number of hydrogen-bond acceptors (Lipinski definition) is 3. The van der Waals surface area contributed by atoms with Crippen molar-refractivity contribution in [1.82, 2.24) is 0 Å². The molecule has 31 heavy (non-hydrogen) atoms. The Morgan fingerprint density at radius 3 is 2.23 bits per heavy atom. The lowest BCUT2D eigenvalue weighted by molar-refractivity contribution is 0.0963. The Kier molecular flexibility index (Phi) is 11.8. The van der Waals surface area contributed by atoms with E-state index in [-0.39, 0.29) is 5.41 Å². The Morgan fingerprint density at radius 1 is 0.935 bits per heavy atom. The Labute approximate surface area is 191 Å². The maximum Gasteiger partial charge on any atom is 0.123 e. The summed E-state index contributed by atoms with van der Waals surface area (Å²) in [6.45, 7) is 9.24. The first kappa shape index (κ1) is 26.0. The van der Waals surface area contributed by atoms with Crippen molar-refractivity contribution in [3.05, 3.63) is 23.8 Å². The van der Waals surface area contributed by atoms with Gasteiger partial charge in [-0.1, -0.05) is 85.5 Å². The van der Waals surface area contributed by atoms with Gasteiger partial charge in [0.05, 0.1) is 12.2 Å². The van der Waals surface area contributed by atoms with Gasteiger partial charge in [-0.15, -0.1) is 0 Å². The quantitative estimate of drug-likeness (QED) is 0.303. The zero-order valence-electron chi connectivity index (χ0n) is 20.8. The lowest BCUT2D eigenvalue weighted by Crippen LogP contribution is -2.21. The summed E-state index contributed by atoms with van der Waals surface area (Å²) < 4.78 is 12.4. The molecule has 0 saturated heterocycles. The summed E-state index contributed by atoms with van der Waals surface area (Å²) in [4.78, 5) is 0. The van der Waals surface area contributed by atoms with Crippen LogP contribution in [0, 0.1) is 0 Å². The molecular weight excluding hydrogens is 384 g/mol. The summed E-state index contributed by atoms with van der Waals surface area (Å²) >= 11 is 0. The Morgan fingerprint density at radius 2 is 1.58 bits per heavy atom. The van der Waals surface area contributed by atoms with Crippen LogP contribution in [0.2, 0.25) is 0 Å². The summed E-state index contributed by atoms with van der Waals surface area (Å²) in [5.41, 5.74) is 1.12. The van der Waals surface area contributed by atoms with Crippen LogP contribution in [-0.4, -0.2) is 23.9 Å². The molecule has 1 aliphatic carbocycles. The van der Waals surface area contributed by atoms with E-state index in [4.69, 9.17) is 9.47 Å². The van der Waals surface area contributed by atoms with Gasteiger partial charge in [0.25, 0.3) is 0 Å². The Balaban J connectivity index is 1.77. The van der Waals surface area contributed by atoms with Crippen LogP contribution in [0.3, 0.4) is 0 Å². The van der Waals surface area contributed by atoms with Crippen molar-refractivity contribution in [1.29, 1.82) is 0 Å². The molecule has 0 spiro atoms. The highest BCUT2D eigenvalue weighted by Gasteiger charge is 2.22. The fourth-order valence-corrected chi connectivity index (χ4v) is 4.45. The Hall–Kier alpha value is -1.22. The smallest absolute Gasteiger partial charge is 0.123 e. The van der Waals surface area contributed by atoms with Crippen LogP contribution < -0.4 is 9.47 Å². The average molecular weight is 433 g/mol. The van der Waals surface area contributed by atoms with Gasteiger partial charge in [0.15, 0.2) is 0 Å². The molecule has 1 fully saturated rings. The van der Waals surface area contributed by atoms with E-state index in [1.807, 2.05) is 12.1 Å². The van der Waals surface area contributed by atoms with Crippen LogP contribution >= 0.6 is 0 Å². The number of aliphatic hydroxyl groups excluding tert-OH is 1. The lowest BCUT2D eigenvalue weighted by atomic mass is 9.86. The molecule has 0 aliphatic heterocycles. The minimum Gasteiger partial charge on any atom is -0.491 e. The first-order valence-corrected chi connectivity index (χ1v) is 13.0. The number of ether oxygens (including phenoxy) is 2. The highest BCUT2D eigenvalue weighted by molar-refractivity contribution is 5.44. The van der Waals surface area contributed by atoms with Gasteiger partial charge >= 0.3 is 0 Å². The first-order chi connectivity index (χ1) is 14.9. The molecule has 1 aliphatic rings. The molecular formula is C28H48O3. The Bertz CT molecular complexity index is 599. The van der Waals surface area contributed by atoms with E-state index in [2.05, 4.69) is 33.8 Å². The minimum atomic E-state index is -0.397. The predicted octanol–water partition coefficient (Wildman–Crippen LogP) is 7.97. The fourth-order valence-electron chi connectivity index (χ4n) is 4.45. The van der Waals surface area contributed by atoms with Crippen LogP contribution in [-0.2, 0) is 5.41 Å². The standard InChI is InChI=1S/C28H48O3/c1-5-6-7-8-9-10-11-13-16-23(29)22-30-27-20-19-25(21-26(27)28(2,3)4)31-24-17-14-12-15-18-24/h19-21,23-24,29H,5-18,22H2,1-4H3. The van der Waals surface area contributed by atoms with Gasteiger partial charge in [0, 0.05) is 5.56 Å². The van der Waals surface area contributed by atoms with Crippen molar-refractivity contribution in [3.8, 4) is 11.5 Å². The van der Waals surface area contributed by atoms with Gasteiger partial charge in [-0.3, -0.25) is 0 Å². The number of aliphatic hydroxyl groups is 1. The van der Waals surface area contributed by atoms with Crippen LogP contribution in [0.4, 0.5) is 0 Å². The van der Waals surface area contributed by atoms with Gasteiger partial charge in [0.2, 0.25) is 0 Å². The largest absolute Gasteiger partial charge is 0.491 e. The van der Waals surface area contributed by atoms with E-state index >= 15 is 0 Å². The second-order valence-electron chi connectivity index (χ2n) is 10.5. The fraction of sp³-hybridized carbons (Fsp3) is 0.786. The molecule has 1 saturated carbocycles. The maximum absolute atomic E-state index is 10.4. The summed E-state index contributed by atoms with van der Waals surface area (Å²) in [6.07, 6.45) is 17.3. The van der Waals surface area contributed by atoms with Crippen molar-refractivity contribution in [2.75, 3.05) is 6.61 Å². The van der Waals surface area contributed by atoms with E-state index in [1.165, 1.54) is 64.2 Å². The van der Waals surface area contributed by atoms with Crippen molar-refractivity contribution in [2.24, 2.45) is 0 Å². The molecule has 0 heterocycles. The third kappa shape index (κ3) is 10.3. The summed E-state index contributed by atoms with van der Waals surface area (Å²) in [7, 11) is 0. The zero-order valence-corrected chi connectivity index (χ0v) is 20.8. The van der Waals surface area contributed by atoms with E-state index in [1.54, 1.807) is 0 Å². The highest BCUT2D eigenvalue weighted by atomic mass is 16.5. The number of hydrogen-bond donors (Lipinski definition) is 1. The summed E-state index contributed by atoms with van der Waals surface area (Å²) in [5, 5.41) is 10.4. The molecule has 178 valence electrons. The third-order valence-corrected chi connectivity index (χ3v) is 6.44. The average Bonchev–Trinajstić information content (AvgIpc) is 2.74. The SMILES string of the molecule is CCCCCCCCCCC(O)COc1ccc(OC2CCCCC2)cc1C(C)(C)C. The minimum absolute atomic E-state index is 0.0377. The van der Waals surface area contributed by atoms with Gasteiger partial charge < -0.3 is 14.6 Å². The van der Waals surface area contributed by atoms with Crippen molar-refractivity contribution >= 4 is 0 Å².